The van der Waals surface area contributed by atoms with E-state index in [1.165, 1.54) is 0 Å². The van der Waals surface area contributed by atoms with E-state index < -0.39 is 0 Å². The number of benzene rings is 1. The van der Waals surface area contributed by atoms with Crippen molar-refractivity contribution in [3.8, 4) is 11.5 Å². The molecule has 0 spiro atoms. The molecule has 0 bridgehead atoms. The van der Waals surface area contributed by atoms with Crippen LogP contribution in [-0.2, 0) is 6.54 Å². The van der Waals surface area contributed by atoms with E-state index in [1.807, 2.05) is 12.1 Å². The number of rotatable bonds is 7. The molecule has 0 atom stereocenters. The molecular formula is C15H22BrNO3. The van der Waals surface area contributed by atoms with Crippen molar-refractivity contribution < 1.29 is 14.6 Å². The molecule has 5 heteroatoms. The maximum Gasteiger partial charge on any atom is 0.231 e. The number of aliphatic hydroxyl groups excluding tert-OH is 1. The van der Waals surface area contributed by atoms with Gasteiger partial charge in [0.15, 0.2) is 11.5 Å². The summed E-state index contributed by atoms with van der Waals surface area (Å²) in [6.07, 6.45) is 1.94. The fourth-order valence-corrected chi connectivity index (χ4v) is 2.80. The Morgan fingerprint density at radius 1 is 1.25 bits per heavy atom. The van der Waals surface area contributed by atoms with Gasteiger partial charge < -0.3 is 19.9 Å². The zero-order valence-electron chi connectivity index (χ0n) is 12.0. The Morgan fingerprint density at radius 2 is 1.90 bits per heavy atom. The normalized spacial score (nSPS) is 13.8. The van der Waals surface area contributed by atoms with E-state index in [0.29, 0.717) is 0 Å². The van der Waals surface area contributed by atoms with Crippen LogP contribution >= 0.6 is 15.9 Å². The first-order valence-electron chi connectivity index (χ1n) is 7.03. The smallest absolute Gasteiger partial charge is 0.231 e. The van der Waals surface area contributed by atoms with Gasteiger partial charge in [0, 0.05) is 29.6 Å². The molecule has 20 heavy (non-hydrogen) atoms. The number of aliphatic hydroxyl groups is 1. The molecule has 0 saturated carbocycles. The van der Waals surface area contributed by atoms with E-state index >= 15 is 0 Å². The Morgan fingerprint density at radius 3 is 2.50 bits per heavy atom. The van der Waals surface area contributed by atoms with E-state index in [1.54, 1.807) is 0 Å². The lowest BCUT2D eigenvalue weighted by Gasteiger charge is -2.29. The van der Waals surface area contributed by atoms with E-state index in [4.69, 9.17) is 9.47 Å². The summed E-state index contributed by atoms with van der Waals surface area (Å²) in [5, 5.41) is 13.0. The van der Waals surface area contributed by atoms with Crippen LogP contribution in [0.1, 0.15) is 32.3 Å². The molecule has 2 rings (SSSR count). The number of halogens is 1. The van der Waals surface area contributed by atoms with Crippen molar-refractivity contribution in [1.29, 1.82) is 0 Å². The maximum absolute atomic E-state index is 9.57. The van der Waals surface area contributed by atoms with Gasteiger partial charge in [-0.15, -0.1) is 0 Å². The van der Waals surface area contributed by atoms with Gasteiger partial charge >= 0.3 is 0 Å². The van der Waals surface area contributed by atoms with Crippen LogP contribution < -0.4 is 14.8 Å². The zero-order chi connectivity index (χ0) is 14.6. The van der Waals surface area contributed by atoms with E-state index in [2.05, 4.69) is 35.1 Å². The van der Waals surface area contributed by atoms with E-state index in [9.17, 15) is 5.11 Å². The fraction of sp³-hybridized carbons (Fsp3) is 0.600. The summed E-state index contributed by atoms with van der Waals surface area (Å²) in [6.45, 7) is 6.29. The second kappa shape index (κ2) is 6.78. The summed E-state index contributed by atoms with van der Waals surface area (Å²) in [6, 6.07) is 3.94. The van der Waals surface area contributed by atoms with Crippen LogP contribution in [-0.4, -0.2) is 25.1 Å². The highest BCUT2D eigenvalue weighted by Gasteiger charge is 2.24. The highest BCUT2D eigenvalue weighted by atomic mass is 79.9. The number of nitrogens with one attached hydrogen (secondary N) is 1. The van der Waals surface area contributed by atoms with Gasteiger partial charge in [0.25, 0.3) is 0 Å². The average Bonchev–Trinajstić information content (AvgIpc) is 2.91. The minimum atomic E-state index is -0.0250. The third kappa shape index (κ3) is 3.27. The molecule has 0 saturated heterocycles. The zero-order valence-corrected chi connectivity index (χ0v) is 13.6. The van der Waals surface area contributed by atoms with Gasteiger partial charge in [0.1, 0.15) is 0 Å². The highest BCUT2D eigenvalue weighted by molar-refractivity contribution is 9.10. The molecule has 0 radical (unpaired) electrons. The molecule has 1 aliphatic heterocycles. The van der Waals surface area contributed by atoms with Crippen LogP contribution in [0.5, 0.6) is 11.5 Å². The van der Waals surface area contributed by atoms with Crippen molar-refractivity contribution in [1.82, 2.24) is 5.32 Å². The Hall–Kier alpha value is -0.780. The molecule has 1 heterocycles. The van der Waals surface area contributed by atoms with Crippen molar-refractivity contribution in [2.75, 3.05) is 19.9 Å². The van der Waals surface area contributed by atoms with Crippen LogP contribution in [0.4, 0.5) is 0 Å². The molecular weight excluding hydrogens is 322 g/mol. The van der Waals surface area contributed by atoms with E-state index in [0.717, 1.165) is 47.5 Å². The van der Waals surface area contributed by atoms with Gasteiger partial charge in [0.05, 0.1) is 0 Å². The summed E-state index contributed by atoms with van der Waals surface area (Å²) < 4.78 is 11.7. The lowest BCUT2D eigenvalue weighted by atomic mass is 9.83. The Balaban J connectivity index is 1.98. The number of fused-ring (bicyclic) bond motifs is 1. The molecule has 0 unspecified atom stereocenters. The first-order valence-corrected chi connectivity index (χ1v) is 7.83. The molecule has 0 aliphatic carbocycles. The monoisotopic (exact) mass is 343 g/mol. The standard InChI is InChI=1S/C15H22BrNO3/c1-3-15(4-2,9-18)8-17-7-11-5-13-14(6-12(11)16)20-10-19-13/h5-6,17-18H,3-4,7-10H2,1-2H3. The largest absolute Gasteiger partial charge is 0.454 e. The molecule has 112 valence electrons. The summed E-state index contributed by atoms with van der Waals surface area (Å²) in [5.41, 5.74) is 1.11. The van der Waals surface area contributed by atoms with Gasteiger partial charge in [-0.25, -0.2) is 0 Å². The first kappa shape index (κ1) is 15.6. The molecule has 0 aromatic heterocycles. The Bertz CT molecular complexity index is 452. The number of ether oxygens (including phenoxy) is 2. The summed E-state index contributed by atoms with van der Waals surface area (Å²) >= 11 is 3.56. The van der Waals surface area contributed by atoms with Crippen molar-refractivity contribution >= 4 is 15.9 Å². The van der Waals surface area contributed by atoms with Crippen LogP contribution in [0.3, 0.4) is 0 Å². The van der Waals surface area contributed by atoms with Gasteiger partial charge in [-0.3, -0.25) is 0 Å². The minimum absolute atomic E-state index is 0.0250. The highest BCUT2D eigenvalue weighted by Crippen LogP contribution is 2.37. The fourth-order valence-electron chi connectivity index (χ4n) is 2.34. The Labute approximate surface area is 128 Å². The van der Waals surface area contributed by atoms with Crippen molar-refractivity contribution in [3.63, 3.8) is 0 Å². The van der Waals surface area contributed by atoms with Crippen LogP contribution in [0, 0.1) is 5.41 Å². The maximum atomic E-state index is 9.57. The van der Waals surface area contributed by atoms with Gasteiger partial charge in [-0.2, -0.15) is 0 Å². The van der Waals surface area contributed by atoms with Gasteiger partial charge in [-0.05, 0) is 30.5 Å². The number of hydrogen-bond donors (Lipinski definition) is 2. The summed E-state index contributed by atoms with van der Waals surface area (Å²) in [7, 11) is 0. The SMILES string of the molecule is CCC(CC)(CO)CNCc1cc2c(cc1Br)OCO2. The second-order valence-corrected chi connectivity index (χ2v) is 6.12. The molecule has 0 fully saturated rings. The van der Waals surface area contributed by atoms with Crippen molar-refractivity contribution in [2.24, 2.45) is 5.41 Å². The minimum Gasteiger partial charge on any atom is -0.454 e. The third-order valence-electron chi connectivity index (χ3n) is 4.19. The molecule has 4 nitrogen and oxygen atoms in total. The Kier molecular flexibility index (Phi) is 5.29. The van der Waals surface area contributed by atoms with Crippen LogP contribution in [0.15, 0.2) is 16.6 Å². The molecule has 2 N–H and O–H groups in total. The average molecular weight is 344 g/mol. The number of hydrogen-bond acceptors (Lipinski definition) is 4. The summed E-state index contributed by atoms with van der Waals surface area (Å²) in [4.78, 5) is 0. The lowest BCUT2D eigenvalue weighted by molar-refractivity contribution is 0.113. The molecule has 1 aromatic carbocycles. The quantitative estimate of drug-likeness (QED) is 0.798. The topological polar surface area (TPSA) is 50.7 Å². The third-order valence-corrected chi connectivity index (χ3v) is 4.93. The predicted molar refractivity (Wildman–Crippen MR) is 82.1 cm³/mol. The van der Waals surface area contributed by atoms with Gasteiger partial charge in [-0.1, -0.05) is 29.8 Å². The second-order valence-electron chi connectivity index (χ2n) is 5.27. The predicted octanol–water partition coefficient (Wildman–Crippen LogP) is 3.07. The summed E-state index contributed by atoms with van der Waals surface area (Å²) in [5.74, 6) is 1.58. The van der Waals surface area contributed by atoms with Crippen LogP contribution in [0.2, 0.25) is 0 Å². The van der Waals surface area contributed by atoms with Gasteiger partial charge in [0.2, 0.25) is 6.79 Å². The lowest BCUT2D eigenvalue weighted by Crippen LogP contribution is -2.36. The molecule has 1 aromatic rings. The van der Waals surface area contributed by atoms with Crippen molar-refractivity contribution in [2.45, 2.75) is 33.2 Å². The van der Waals surface area contributed by atoms with E-state index in [-0.39, 0.29) is 18.8 Å². The van der Waals surface area contributed by atoms with Crippen molar-refractivity contribution in [3.05, 3.63) is 22.2 Å². The van der Waals surface area contributed by atoms with Crippen LogP contribution in [0.25, 0.3) is 0 Å². The molecule has 0 amide bonds. The first-order chi connectivity index (χ1) is 9.64. The molecule has 1 aliphatic rings.